The van der Waals surface area contributed by atoms with Crippen molar-refractivity contribution in [2.75, 3.05) is 33.4 Å². The molecule has 0 aliphatic carbocycles. The maximum Gasteiger partial charge on any atom is 0.163 e. The number of piperidine rings is 1. The first-order chi connectivity index (χ1) is 21.4. The second kappa shape index (κ2) is 14.9. The molecule has 3 aromatic carbocycles. The molecule has 1 aliphatic heterocycles. The van der Waals surface area contributed by atoms with Crippen molar-refractivity contribution in [2.24, 2.45) is 0 Å². The standard InChI is InChI=1S/C35H36F2N2O5/c1-42-34-22-30-32(23-35(34)43-17-5-16-39-14-3-2-4-15-39)38-13-12-33(30)44-29-11-8-25(31(37)21-29)19-28(41)20-27(40)18-24-6-9-26(36)10-7-24/h6-13,21-23H,2-5,14-20H2,1H3. The van der Waals surface area contributed by atoms with Crippen LogP contribution in [0.2, 0.25) is 0 Å². The number of hydrogen-bond acceptors (Lipinski definition) is 7. The van der Waals surface area contributed by atoms with E-state index in [1.807, 2.05) is 6.07 Å². The van der Waals surface area contributed by atoms with E-state index in [-0.39, 0.29) is 36.4 Å². The number of carbonyl (C=O) groups is 2. The summed E-state index contributed by atoms with van der Waals surface area (Å²) >= 11 is 0. The van der Waals surface area contributed by atoms with Gasteiger partial charge in [-0.15, -0.1) is 0 Å². The largest absolute Gasteiger partial charge is 0.493 e. The van der Waals surface area contributed by atoms with Gasteiger partial charge in [0.25, 0.3) is 0 Å². The molecule has 0 saturated carbocycles. The number of hydrogen-bond donors (Lipinski definition) is 0. The van der Waals surface area contributed by atoms with Gasteiger partial charge in [-0.1, -0.05) is 24.6 Å². The average Bonchev–Trinajstić information content (AvgIpc) is 3.02. The van der Waals surface area contributed by atoms with Crippen molar-refractivity contribution in [2.45, 2.75) is 44.9 Å². The first-order valence-electron chi connectivity index (χ1n) is 14.9. The molecule has 1 saturated heterocycles. The lowest BCUT2D eigenvalue weighted by molar-refractivity contribution is -0.126. The monoisotopic (exact) mass is 602 g/mol. The van der Waals surface area contributed by atoms with Crippen molar-refractivity contribution in [3.05, 3.63) is 89.6 Å². The first kappa shape index (κ1) is 31.1. The summed E-state index contributed by atoms with van der Waals surface area (Å²) in [5, 5.41) is 0.671. The summed E-state index contributed by atoms with van der Waals surface area (Å²) in [4.78, 5) is 31.7. The quantitative estimate of drug-likeness (QED) is 0.115. The second-order valence-corrected chi connectivity index (χ2v) is 11.0. The normalized spacial score (nSPS) is 13.5. The van der Waals surface area contributed by atoms with E-state index in [1.165, 1.54) is 55.7 Å². The number of carbonyl (C=O) groups excluding carboxylic acids is 2. The van der Waals surface area contributed by atoms with E-state index in [9.17, 15) is 18.4 Å². The molecule has 1 aromatic heterocycles. The molecule has 5 rings (SSSR count). The van der Waals surface area contributed by atoms with Gasteiger partial charge < -0.3 is 19.1 Å². The van der Waals surface area contributed by atoms with Gasteiger partial charge in [-0.05, 0) is 73.8 Å². The highest BCUT2D eigenvalue weighted by atomic mass is 19.1. The highest BCUT2D eigenvalue weighted by molar-refractivity contribution is 6.00. The zero-order valence-corrected chi connectivity index (χ0v) is 24.8. The molecule has 4 aromatic rings. The number of benzene rings is 3. The fourth-order valence-electron chi connectivity index (χ4n) is 5.39. The van der Waals surface area contributed by atoms with Crippen molar-refractivity contribution in [3.63, 3.8) is 0 Å². The Morgan fingerprint density at radius 1 is 0.864 bits per heavy atom. The van der Waals surface area contributed by atoms with E-state index in [2.05, 4.69) is 9.88 Å². The van der Waals surface area contributed by atoms with E-state index >= 15 is 0 Å². The number of Topliss-reactive ketones (excluding diaryl/α,β-unsaturated/α-hetero) is 2. The number of nitrogens with zero attached hydrogens (tertiary/aromatic N) is 2. The highest BCUT2D eigenvalue weighted by Crippen LogP contribution is 2.37. The zero-order chi connectivity index (χ0) is 30.9. The van der Waals surface area contributed by atoms with Crippen molar-refractivity contribution < 1.29 is 32.6 Å². The summed E-state index contributed by atoms with van der Waals surface area (Å²) in [5.41, 5.74) is 1.42. The number of ether oxygens (including phenoxy) is 3. The Hall–Kier alpha value is -4.37. The molecule has 1 aliphatic rings. The second-order valence-electron chi connectivity index (χ2n) is 11.0. The Morgan fingerprint density at radius 3 is 2.39 bits per heavy atom. The molecule has 7 nitrogen and oxygen atoms in total. The van der Waals surface area contributed by atoms with Crippen LogP contribution in [0, 0.1) is 11.6 Å². The van der Waals surface area contributed by atoms with Crippen LogP contribution < -0.4 is 14.2 Å². The lowest BCUT2D eigenvalue weighted by atomic mass is 10.0. The maximum absolute atomic E-state index is 15.0. The van der Waals surface area contributed by atoms with Gasteiger partial charge in [0.05, 0.1) is 25.7 Å². The number of ketones is 2. The third-order valence-electron chi connectivity index (χ3n) is 7.66. The van der Waals surface area contributed by atoms with E-state index in [1.54, 1.807) is 31.5 Å². The number of pyridine rings is 1. The summed E-state index contributed by atoms with van der Waals surface area (Å²) in [6.45, 7) is 3.87. The first-order valence-corrected chi connectivity index (χ1v) is 14.9. The van der Waals surface area contributed by atoms with Crippen LogP contribution in [-0.4, -0.2) is 54.8 Å². The molecular formula is C35H36F2N2O5. The van der Waals surface area contributed by atoms with Crippen LogP contribution >= 0.6 is 0 Å². The third kappa shape index (κ3) is 8.38. The minimum absolute atomic E-state index is 0.0122. The van der Waals surface area contributed by atoms with E-state index < -0.39 is 17.4 Å². The lowest BCUT2D eigenvalue weighted by Crippen LogP contribution is -2.31. The van der Waals surface area contributed by atoms with Crippen LogP contribution in [0.1, 0.15) is 43.2 Å². The van der Waals surface area contributed by atoms with Crippen molar-refractivity contribution in [1.29, 1.82) is 0 Å². The van der Waals surface area contributed by atoms with Gasteiger partial charge in [-0.3, -0.25) is 14.6 Å². The van der Waals surface area contributed by atoms with Gasteiger partial charge in [-0.2, -0.15) is 0 Å². The molecule has 0 radical (unpaired) electrons. The van der Waals surface area contributed by atoms with Crippen LogP contribution in [0.5, 0.6) is 23.0 Å². The minimum atomic E-state index is -0.613. The van der Waals surface area contributed by atoms with Crippen molar-refractivity contribution in [1.82, 2.24) is 9.88 Å². The smallest absolute Gasteiger partial charge is 0.163 e. The van der Waals surface area contributed by atoms with E-state index in [0.717, 1.165) is 26.1 Å². The molecule has 0 atom stereocenters. The molecule has 1 fully saturated rings. The summed E-state index contributed by atoms with van der Waals surface area (Å²) in [5.74, 6) is 0.120. The van der Waals surface area contributed by atoms with Crippen LogP contribution in [0.3, 0.4) is 0 Å². The molecule has 0 spiro atoms. The van der Waals surface area contributed by atoms with Crippen LogP contribution in [0.4, 0.5) is 8.78 Å². The fourth-order valence-corrected chi connectivity index (χ4v) is 5.39. The molecule has 0 bridgehead atoms. The predicted octanol–water partition coefficient (Wildman–Crippen LogP) is 6.88. The Morgan fingerprint density at radius 2 is 1.64 bits per heavy atom. The van der Waals surface area contributed by atoms with Gasteiger partial charge in [0.2, 0.25) is 0 Å². The molecule has 2 heterocycles. The summed E-state index contributed by atoms with van der Waals surface area (Å²) in [7, 11) is 1.57. The molecule has 44 heavy (non-hydrogen) atoms. The van der Waals surface area contributed by atoms with Crippen molar-refractivity contribution in [3.8, 4) is 23.0 Å². The van der Waals surface area contributed by atoms with Gasteiger partial charge in [0.15, 0.2) is 11.5 Å². The Kier molecular flexibility index (Phi) is 10.5. The summed E-state index contributed by atoms with van der Waals surface area (Å²) < 4.78 is 45.7. The molecular weight excluding hydrogens is 566 g/mol. The number of aromatic nitrogens is 1. The van der Waals surface area contributed by atoms with Crippen LogP contribution in [-0.2, 0) is 22.4 Å². The SMILES string of the molecule is COc1cc2c(Oc3ccc(CC(=O)CC(=O)Cc4ccc(F)cc4)c(F)c3)ccnc2cc1OCCCN1CCCCC1. The number of fused-ring (bicyclic) bond motifs is 1. The molecule has 0 N–H and O–H groups in total. The highest BCUT2D eigenvalue weighted by Gasteiger charge is 2.16. The third-order valence-corrected chi connectivity index (χ3v) is 7.66. The van der Waals surface area contributed by atoms with Crippen molar-refractivity contribution >= 4 is 22.5 Å². The molecule has 230 valence electrons. The number of methoxy groups -OCH3 is 1. The zero-order valence-electron chi connectivity index (χ0n) is 24.8. The fraction of sp³-hybridized carbons (Fsp3) is 0.343. The van der Waals surface area contributed by atoms with Crippen LogP contribution in [0.15, 0.2) is 66.9 Å². The molecule has 0 unspecified atom stereocenters. The summed E-state index contributed by atoms with van der Waals surface area (Å²) in [6.07, 6.45) is 5.81. The Bertz CT molecular complexity index is 1600. The minimum Gasteiger partial charge on any atom is -0.493 e. The lowest BCUT2D eigenvalue weighted by Gasteiger charge is -2.26. The molecule has 9 heteroatoms. The molecule has 0 amide bonds. The van der Waals surface area contributed by atoms with Crippen LogP contribution in [0.25, 0.3) is 10.9 Å². The number of likely N-dealkylation sites (tertiary alicyclic amines) is 1. The van der Waals surface area contributed by atoms with Gasteiger partial charge >= 0.3 is 0 Å². The van der Waals surface area contributed by atoms with E-state index in [4.69, 9.17) is 14.2 Å². The predicted molar refractivity (Wildman–Crippen MR) is 164 cm³/mol. The van der Waals surface area contributed by atoms with Gasteiger partial charge in [0, 0.05) is 43.1 Å². The van der Waals surface area contributed by atoms with Gasteiger partial charge in [-0.25, -0.2) is 8.78 Å². The van der Waals surface area contributed by atoms with Gasteiger partial charge in [0.1, 0.15) is 34.7 Å². The summed E-state index contributed by atoms with van der Waals surface area (Å²) in [6, 6.07) is 15.1. The number of halogens is 2. The average molecular weight is 603 g/mol. The number of rotatable bonds is 14. The maximum atomic E-state index is 15.0. The van der Waals surface area contributed by atoms with E-state index in [0.29, 0.717) is 40.3 Å². The Balaban J connectivity index is 1.20. The Labute approximate surface area is 255 Å². The topological polar surface area (TPSA) is 78.0 Å².